The Kier molecular flexibility index (Phi) is 7.52. The number of rotatable bonds is 6. The Balaban J connectivity index is 1.52. The van der Waals surface area contributed by atoms with E-state index in [0.717, 1.165) is 44.5 Å². The fourth-order valence-corrected chi connectivity index (χ4v) is 4.54. The number of piperidine rings is 1. The van der Waals surface area contributed by atoms with Crippen molar-refractivity contribution in [3.8, 4) is 0 Å². The van der Waals surface area contributed by atoms with Crippen LogP contribution >= 0.6 is 11.3 Å². The summed E-state index contributed by atoms with van der Waals surface area (Å²) in [5, 5.41) is 9.04. The van der Waals surface area contributed by atoms with Crippen LogP contribution in [0.15, 0.2) is 22.5 Å². The Morgan fingerprint density at radius 1 is 1.26 bits per heavy atom. The van der Waals surface area contributed by atoms with E-state index >= 15 is 0 Å². The van der Waals surface area contributed by atoms with Gasteiger partial charge in [-0.25, -0.2) is 4.99 Å². The molecule has 0 radical (unpaired) electrons. The van der Waals surface area contributed by atoms with Crippen LogP contribution in [-0.2, 0) is 11.3 Å². The summed E-state index contributed by atoms with van der Waals surface area (Å²) in [4.78, 5) is 22.0. The van der Waals surface area contributed by atoms with E-state index in [0.29, 0.717) is 6.04 Å². The zero-order valence-electron chi connectivity index (χ0n) is 16.6. The predicted octanol–water partition coefficient (Wildman–Crippen LogP) is 2.28. The van der Waals surface area contributed by atoms with Crippen LogP contribution in [-0.4, -0.2) is 67.5 Å². The molecule has 1 aliphatic carbocycles. The maximum atomic E-state index is 11.9. The van der Waals surface area contributed by atoms with Gasteiger partial charge in [-0.05, 0) is 37.1 Å². The molecule has 2 fully saturated rings. The first-order valence-corrected chi connectivity index (χ1v) is 11.0. The van der Waals surface area contributed by atoms with Crippen molar-refractivity contribution in [3.63, 3.8) is 0 Å². The van der Waals surface area contributed by atoms with Crippen LogP contribution < -0.4 is 10.6 Å². The average Bonchev–Trinajstić information content (AvgIpc) is 3.38. The fraction of sp³-hybridized carbons (Fsp3) is 0.700. The highest BCUT2D eigenvalue weighted by molar-refractivity contribution is 7.09. The molecule has 150 valence electrons. The molecule has 1 saturated carbocycles. The molecule has 6 nitrogen and oxygen atoms in total. The molecule has 2 aliphatic rings. The number of guanidine groups is 1. The topological polar surface area (TPSA) is 60.0 Å². The molecule has 0 atom stereocenters. The van der Waals surface area contributed by atoms with Crippen molar-refractivity contribution in [2.24, 2.45) is 4.99 Å². The van der Waals surface area contributed by atoms with Gasteiger partial charge in [0, 0.05) is 44.1 Å². The maximum Gasteiger partial charge on any atom is 0.243 e. The minimum atomic E-state index is 0.0169. The van der Waals surface area contributed by atoms with Crippen molar-refractivity contribution in [1.82, 2.24) is 20.4 Å². The van der Waals surface area contributed by atoms with E-state index < -0.39 is 0 Å². The minimum absolute atomic E-state index is 0.0169. The Morgan fingerprint density at radius 3 is 2.63 bits per heavy atom. The van der Waals surface area contributed by atoms with Crippen LogP contribution in [0.4, 0.5) is 0 Å². The van der Waals surface area contributed by atoms with Gasteiger partial charge in [0.2, 0.25) is 5.91 Å². The summed E-state index contributed by atoms with van der Waals surface area (Å²) in [6.07, 6.45) is 7.81. The van der Waals surface area contributed by atoms with Crippen molar-refractivity contribution < 1.29 is 4.79 Å². The van der Waals surface area contributed by atoms with Gasteiger partial charge in [0.15, 0.2) is 5.96 Å². The van der Waals surface area contributed by atoms with Crippen LogP contribution in [0.3, 0.4) is 0 Å². The Hall–Kier alpha value is -1.60. The van der Waals surface area contributed by atoms with Gasteiger partial charge in [0.25, 0.3) is 0 Å². The Labute approximate surface area is 167 Å². The third-order valence-corrected chi connectivity index (χ3v) is 6.47. The van der Waals surface area contributed by atoms with Crippen LogP contribution in [0.5, 0.6) is 0 Å². The summed E-state index contributed by atoms with van der Waals surface area (Å²) < 4.78 is 0. The second-order valence-electron chi connectivity index (χ2n) is 7.78. The number of aliphatic imine (C=N–C) groups is 1. The number of likely N-dealkylation sites (tertiary alicyclic amines) is 1. The number of hydrogen-bond acceptors (Lipinski definition) is 4. The van der Waals surface area contributed by atoms with Gasteiger partial charge >= 0.3 is 0 Å². The molecule has 27 heavy (non-hydrogen) atoms. The largest absolute Gasteiger partial charge is 0.354 e. The molecule has 3 rings (SSSR count). The van der Waals surface area contributed by atoms with Gasteiger partial charge in [0.05, 0.1) is 6.54 Å². The molecule has 0 aromatic carbocycles. The lowest BCUT2D eigenvalue weighted by Crippen LogP contribution is -2.50. The number of likely N-dealkylation sites (N-methyl/N-ethyl adjacent to an activating group) is 1. The summed E-state index contributed by atoms with van der Waals surface area (Å²) >= 11 is 1.73. The summed E-state index contributed by atoms with van der Waals surface area (Å²) in [6, 6.07) is 5.40. The van der Waals surface area contributed by atoms with Crippen molar-refractivity contribution in [3.05, 3.63) is 22.4 Å². The number of nitrogens with one attached hydrogen (secondary N) is 2. The molecule has 7 heteroatoms. The second kappa shape index (κ2) is 10.1. The van der Waals surface area contributed by atoms with Crippen LogP contribution in [0.2, 0.25) is 0 Å². The van der Waals surface area contributed by atoms with Gasteiger partial charge in [-0.15, -0.1) is 11.3 Å². The van der Waals surface area contributed by atoms with E-state index in [1.165, 1.54) is 30.6 Å². The second-order valence-corrected chi connectivity index (χ2v) is 8.81. The first-order valence-electron chi connectivity index (χ1n) is 10.1. The molecule has 1 aliphatic heterocycles. The van der Waals surface area contributed by atoms with E-state index in [4.69, 9.17) is 0 Å². The molecule has 2 heterocycles. The van der Waals surface area contributed by atoms with E-state index in [1.54, 1.807) is 30.3 Å². The normalized spacial score (nSPS) is 20.0. The van der Waals surface area contributed by atoms with Crippen molar-refractivity contribution in [1.29, 1.82) is 0 Å². The molecule has 0 unspecified atom stereocenters. The molecule has 1 saturated heterocycles. The highest BCUT2D eigenvalue weighted by Crippen LogP contribution is 2.26. The van der Waals surface area contributed by atoms with Crippen molar-refractivity contribution in [2.75, 3.05) is 33.7 Å². The maximum absolute atomic E-state index is 11.9. The van der Waals surface area contributed by atoms with E-state index in [-0.39, 0.29) is 12.5 Å². The number of amides is 1. The third kappa shape index (κ3) is 6.21. The molecule has 2 N–H and O–H groups in total. The van der Waals surface area contributed by atoms with Gasteiger partial charge in [0.1, 0.15) is 6.54 Å². The zero-order valence-corrected chi connectivity index (χ0v) is 17.4. The molecule has 1 amide bonds. The SMILES string of the molecule is CN(C)C(=O)CN=C(NCc1cccs1)NC1CCN(C2CCCC2)CC1. The lowest BCUT2D eigenvalue weighted by molar-refractivity contribution is -0.127. The summed E-state index contributed by atoms with van der Waals surface area (Å²) in [6.45, 7) is 3.24. The summed E-state index contributed by atoms with van der Waals surface area (Å²) in [7, 11) is 3.53. The minimum Gasteiger partial charge on any atom is -0.354 e. The molecular weight excluding hydrogens is 358 g/mol. The Bertz CT molecular complexity index is 602. The van der Waals surface area contributed by atoms with Crippen LogP contribution in [0, 0.1) is 0 Å². The van der Waals surface area contributed by atoms with Gasteiger partial charge < -0.3 is 20.4 Å². The first kappa shape index (κ1) is 20.1. The average molecular weight is 392 g/mol. The van der Waals surface area contributed by atoms with Gasteiger partial charge in [-0.3, -0.25) is 4.79 Å². The number of nitrogens with zero attached hydrogens (tertiary/aromatic N) is 3. The smallest absolute Gasteiger partial charge is 0.243 e. The van der Waals surface area contributed by atoms with Crippen LogP contribution in [0.25, 0.3) is 0 Å². The van der Waals surface area contributed by atoms with Crippen LogP contribution in [0.1, 0.15) is 43.4 Å². The molecule has 0 spiro atoms. The lowest BCUT2D eigenvalue weighted by atomic mass is 10.0. The number of hydrogen-bond donors (Lipinski definition) is 2. The highest BCUT2D eigenvalue weighted by Gasteiger charge is 2.27. The molecular formula is C20H33N5OS. The molecule has 1 aromatic rings. The number of carbonyl (C=O) groups excluding carboxylic acids is 1. The zero-order chi connectivity index (χ0) is 19.1. The summed E-state index contributed by atoms with van der Waals surface area (Å²) in [5.41, 5.74) is 0. The van der Waals surface area contributed by atoms with Gasteiger partial charge in [-0.2, -0.15) is 0 Å². The molecule has 1 aromatic heterocycles. The van der Waals surface area contributed by atoms with E-state index in [9.17, 15) is 4.79 Å². The third-order valence-electron chi connectivity index (χ3n) is 5.59. The van der Waals surface area contributed by atoms with Crippen molar-refractivity contribution in [2.45, 2.75) is 57.2 Å². The monoisotopic (exact) mass is 391 g/mol. The van der Waals surface area contributed by atoms with E-state index in [1.807, 2.05) is 0 Å². The fourth-order valence-electron chi connectivity index (χ4n) is 3.90. The molecule has 0 bridgehead atoms. The first-order chi connectivity index (χ1) is 13.1. The standard InChI is InChI=1S/C20H33N5OS/c1-24(2)19(26)15-22-20(21-14-18-8-5-13-27-18)23-16-9-11-25(12-10-16)17-6-3-4-7-17/h5,8,13,16-17H,3-4,6-7,9-12,14-15H2,1-2H3,(H2,21,22,23). The van der Waals surface area contributed by atoms with Crippen molar-refractivity contribution >= 4 is 23.2 Å². The highest BCUT2D eigenvalue weighted by atomic mass is 32.1. The summed E-state index contributed by atoms with van der Waals surface area (Å²) in [5.74, 6) is 0.765. The number of carbonyl (C=O) groups is 1. The predicted molar refractivity (Wildman–Crippen MR) is 112 cm³/mol. The lowest BCUT2D eigenvalue weighted by Gasteiger charge is -2.36. The Morgan fingerprint density at radius 2 is 2.00 bits per heavy atom. The quantitative estimate of drug-likeness (QED) is 0.577. The van der Waals surface area contributed by atoms with E-state index in [2.05, 4.69) is 38.0 Å². The number of thiophene rings is 1. The van der Waals surface area contributed by atoms with Gasteiger partial charge in [-0.1, -0.05) is 18.9 Å².